The molecule has 0 bridgehead atoms. The van der Waals surface area contributed by atoms with Crippen molar-refractivity contribution in [3.63, 3.8) is 0 Å². The second-order valence-corrected chi connectivity index (χ2v) is 11.1. The number of benzene rings is 2. The molecule has 3 aliphatic rings. The Labute approximate surface area is 217 Å². The number of piperidine rings is 2. The molecule has 3 heterocycles. The number of carbonyl (C=O) groups excluding carboxylic acids is 4. The minimum Gasteiger partial charge on any atom is -0.456 e. The van der Waals surface area contributed by atoms with Gasteiger partial charge in [-0.05, 0) is 87.4 Å². The summed E-state index contributed by atoms with van der Waals surface area (Å²) in [7, 11) is 0. The topological polar surface area (TPSA) is 96.0 Å². The maximum atomic E-state index is 13.0. The summed E-state index contributed by atoms with van der Waals surface area (Å²) in [4.78, 5) is 53.0. The Balaban J connectivity index is 1.20. The van der Waals surface area contributed by atoms with Crippen molar-refractivity contribution >= 4 is 29.4 Å². The molecule has 1 atom stereocenters. The number of anilines is 1. The molecule has 3 aliphatic heterocycles. The van der Waals surface area contributed by atoms with Crippen molar-refractivity contribution in [1.82, 2.24) is 10.2 Å². The van der Waals surface area contributed by atoms with Crippen LogP contribution in [0.3, 0.4) is 0 Å². The van der Waals surface area contributed by atoms with Crippen molar-refractivity contribution in [1.29, 1.82) is 0 Å². The summed E-state index contributed by atoms with van der Waals surface area (Å²) in [5.74, 6) is -0.707. The molecule has 1 unspecified atom stereocenters. The Morgan fingerprint density at radius 1 is 0.973 bits per heavy atom. The number of amides is 3. The van der Waals surface area contributed by atoms with Gasteiger partial charge in [0.05, 0.1) is 5.56 Å². The van der Waals surface area contributed by atoms with Crippen LogP contribution in [0.4, 0.5) is 5.69 Å². The van der Waals surface area contributed by atoms with Gasteiger partial charge in [0.2, 0.25) is 11.8 Å². The van der Waals surface area contributed by atoms with E-state index in [1.807, 2.05) is 57.2 Å². The predicted molar refractivity (Wildman–Crippen MR) is 138 cm³/mol. The fourth-order valence-electron chi connectivity index (χ4n) is 5.46. The van der Waals surface area contributed by atoms with Crippen LogP contribution >= 0.6 is 0 Å². The van der Waals surface area contributed by atoms with E-state index in [2.05, 4.69) is 16.3 Å². The Kier molecular flexibility index (Phi) is 6.52. The summed E-state index contributed by atoms with van der Waals surface area (Å²) >= 11 is 0. The smallest absolute Gasteiger partial charge is 0.338 e. The van der Waals surface area contributed by atoms with Crippen LogP contribution in [0.15, 0.2) is 42.5 Å². The van der Waals surface area contributed by atoms with Gasteiger partial charge in [-0.2, -0.15) is 0 Å². The van der Waals surface area contributed by atoms with E-state index in [0.29, 0.717) is 30.0 Å². The SMILES string of the molecule is CC(C)(C)OC(=O)c1ccc(C2CCN(c3ccc4c(c3)CN(C3CCC(=O)NC3=O)C4=O)CC2)cc1. The van der Waals surface area contributed by atoms with Crippen LogP contribution in [-0.4, -0.2) is 53.3 Å². The lowest BCUT2D eigenvalue weighted by atomic mass is 9.88. The lowest BCUT2D eigenvalue weighted by Gasteiger charge is -2.34. The summed E-state index contributed by atoms with van der Waals surface area (Å²) in [6.45, 7) is 7.75. The molecule has 2 fully saturated rings. The first-order valence-corrected chi connectivity index (χ1v) is 12.9. The van der Waals surface area contributed by atoms with E-state index in [1.54, 1.807) is 4.90 Å². The molecule has 8 nitrogen and oxygen atoms in total. The van der Waals surface area contributed by atoms with Crippen LogP contribution in [0.1, 0.15) is 84.2 Å². The molecule has 0 radical (unpaired) electrons. The van der Waals surface area contributed by atoms with Crippen molar-refractivity contribution in [2.24, 2.45) is 0 Å². The van der Waals surface area contributed by atoms with E-state index in [0.717, 1.165) is 37.2 Å². The zero-order valence-corrected chi connectivity index (χ0v) is 21.6. The Morgan fingerprint density at radius 2 is 1.68 bits per heavy atom. The Hall–Kier alpha value is -3.68. The number of fused-ring (bicyclic) bond motifs is 1. The fourth-order valence-corrected chi connectivity index (χ4v) is 5.46. The second-order valence-electron chi connectivity index (χ2n) is 11.1. The van der Waals surface area contributed by atoms with Crippen LogP contribution in [0.25, 0.3) is 0 Å². The molecule has 0 saturated carbocycles. The molecular weight excluding hydrogens is 470 g/mol. The number of ether oxygens (including phenoxy) is 1. The number of rotatable bonds is 4. The van der Waals surface area contributed by atoms with Gasteiger partial charge in [0.15, 0.2) is 0 Å². The van der Waals surface area contributed by atoms with Crippen LogP contribution in [0.2, 0.25) is 0 Å². The van der Waals surface area contributed by atoms with Crippen molar-refractivity contribution < 1.29 is 23.9 Å². The van der Waals surface area contributed by atoms with Gasteiger partial charge in [-0.25, -0.2) is 4.79 Å². The van der Waals surface area contributed by atoms with E-state index < -0.39 is 11.6 Å². The van der Waals surface area contributed by atoms with Crippen LogP contribution in [0.5, 0.6) is 0 Å². The van der Waals surface area contributed by atoms with Crippen molar-refractivity contribution in [3.8, 4) is 0 Å². The third kappa shape index (κ3) is 5.24. The van der Waals surface area contributed by atoms with Crippen molar-refractivity contribution in [3.05, 3.63) is 64.7 Å². The molecule has 3 amide bonds. The molecule has 8 heteroatoms. The predicted octanol–water partition coefficient (Wildman–Crippen LogP) is 3.79. The van der Waals surface area contributed by atoms with Crippen LogP contribution < -0.4 is 10.2 Å². The van der Waals surface area contributed by atoms with E-state index in [9.17, 15) is 19.2 Å². The van der Waals surface area contributed by atoms with Gasteiger partial charge in [-0.1, -0.05) is 12.1 Å². The van der Waals surface area contributed by atoms with Crippen molar-refractivity contribution in [2.45, 2.75) is 70.6 Å². The molecule has 37 heavy (non-hydrogen) atoms. The maximum Gasteiger partial charge on any atom is 0.338 e. The third-order valence-corrected chi connectivity index (χ3v) is 7.38. The summed E-state index contributed by atoms with van der Waals surface area (Å²) in [6.07, 6.45) is 2.60. The quantitative estimate of drug-likeness (QED) is 0.504. The average molecular weight is 504 g/mol. The standard InChI is InChI=1S/C29H33N3O5/c1-29(2,3)37-28(36)20-6-4-18(5-7-20)19-12-14-31(15-13-19)22-8-9-23-21(16-22)17-32(27(23)35)24-10-11-25(33)30-26(24)34/h4-9,16,19,24H,10-15,17H2,1-3H3,(H,30,33,34). The number of carbonyl (C=O) groups is 4. The first kappa shape index (κ1) is 25.0. The lowest BCUT2D eigenvalue weighted by Crippen LogP contribution is -2.52. The molecule has 0 aromatic heterocycles. The van der Waals surface area contributed by atoms with Gasteiger partial charge in [0.25, 0.3) is 5.91 Å². The highest BCUT2D eigenvalue weighted by molar-refractivity contribution is 6.05. The molecule has 2 saturated heterocycles. The Bertz CT molecular complexity index is 1240. The van der Waals surface area contributed by atoms with E-state index in [1.165, 1.54) is 5.56 Å². The molecular formula is C29H33N3O5. The fraction of sp³-hybridized carbons (Fsp3) is 0.448. The zero-order valence-electron chi connectivity index (χ0n) is 21.6. The molecule has 194 valence electrons. The van der Waals surface area contributed by atoms with E-state index in [-0.39, 0.29) is 30.1 Å². The average Bonchev–Trinajstić information content (AvgIpc) is 3.18. The van der Waals surface area contributed by atoms with Gasteiger partial charge in [-0.3, -0.25) is 19.7 Å². The number of nitrogens with one attached hydrogen (secondary N) is 1. The maximum absolute atomic E-state index is 13.0. The van der Waals surface area contributed by atoms with Crippen molar-refractivity contribution in [2.75, 3.05) is 18.0 Å². The third-order valence-electron chi connectivity index (χ3n) is 7.38. The Morgan fingerprint density at radius 3 is 2.32 bits per heavy atom. The molecule has 2 aromatic rings. The number of hydrogen-bond acceptors (Lipinski definition) is 6. The van der Waals surface area contributed by atoms with Crippen LogP contribution in [-0.2, 0) is 20.9 Å². The summed E-state index contributed by atoms with van der Waals surface area (Å²) < 4.78 is 5.46. The summed E-state index contributed by atoms with van der Waals surface area (Å²) in [6, 6.07) is 13.1. The molecule has 2 aromatic carbocycles. The van der Waals surface area contributed by atoms with Crippen LogP contribution in [0, 0.1) is 0 Å². The van der Waals surface area contributed by atoms with Gasteiger partial charge in [0.1, 0.15) is 11.6 Å². The van der Waals surface area contributed by atoms with Gasteiger partial charge < -0.3 is 14.5 Å². The monoisotopic (exact) mass is 503 g/mol. The number of imide groups is 1. The summed E-state index contributed by atoms with van der Waals surface area (Å²) in [5, 5.41) is 2.35. The second kappa shape index (κ2) is 9.65. The molecule has 1 N–H and O–H groups in total. The summed E-state index contributed by atoms with van der Waals surface area (Å²) in [5.41, 5.74) is 3.91. The highest BCUT2D eigenvalue weighted by Crippen LogP contribution is 2.34. The minimum absolute atomic E-state index is 0.149. The number of esters is 1. The lowest BCUT2D eigenvalue weighted by molar-refractivity contribution is -0.136. The number of nitrogens with zero attached hydrogens (tertiary/aromatic N) is 2. The van der Waals surface area contributed by atoms with E-state index in [4.69, 9.17) is 4.74 Å². The van der Waals surface area contributed by atoms with Gasteiger partial charge >= 0.3 is 5.97 Å². The molecule has 0 spiro atoms. The van der Waals surface area contributed by atoms with Gasteiger partial charge in [-0.15, -0.1) is 0 Å². The molecule has 0 aliphatic carbocycles. The minimum atomic E-state index is -0.599. The zero-order chi connectivity index (χ0) is 26.3. The normalized spacial score (nSPS) is 20.6. The molecule has 5 rings (SSSR count). The van der Waals surface area contributed by atoms with E-state index >= 15 is 0 Å². The first-order valence-electron chi connectivity index (χ1n) is 12.9. The first-order chi connectivity index (χ1) is 17.6. The highest BCUT2D eigenvalue weighted by Gasteiger charge is 2.39. The highest BCUT2D eigenvalue weighted by atomic mass is 16.6. The van der Waals surface area contributed by atoms with Gasteiger partial charge in [0, 0.05) is 37.3 Å². The number of hydrogen-bond donors (Lipinski definition) is 1. The largest absolute Gasteiger partial charge is 0.456 e.